The van der Waals surface area contributed by atoms with Crippen LogP contribution in [0, 0.1) is 0 Å². The van der Waals surface area contributed by atoms with Crippen LogP contribution >= 0.6 is 7.60 Å². The van der Waals surface area contributed by atoms with Crippen molar-refractivity contribution in [1.82, 2.24) is 4.90 Å². The number of hydrogen-bond donors (Lipinski definition) is 0. The van der Waals surface area contributed by atoms with Gasteiger partial charge in [0.1, 0.15) is 0 Å². The van der Waals surface area contributed by atoms with Gasteiger partial charge in [-0.05, 0) is 59.4 Å². The van der Waals surface area contributed by atoms with Crippen LogP contribution in [0.1, 0.15) is 33.1 Å². The van der Waals surface area contributed by atoms with Gasteiger partial charge in [-0.1, -0.05) is 6.42 Å². The highest BCUT2D eigenvalue weighted by molar-refractivity contribution is 7.53. The molecule has 7 heteroatoms. The van der Waals surface area contributed by atoms with Crippen molar-refractivity contribution < 1.29 is 18.0 Å². The molecule has 1 fully saturated rings. The lowest BCUT2D eigenvalue weighted by Gasteiger charge is -2.34. The molecule has 0 aromatic rings. The monoisotopic (exact) mass is 351 g/mol. The molecule has 0 aromatic heterocycles. The average Bonchev–Trinajstić information content (AvgIpc) is 2.38. The maximum absolute atomic E-state index is 12.8. The van der Waals surface area contributed by atoms with Crippen molar-refractivity contribution in [3.63, 3.8) is 0 Å². The SMILES string of the molecule is CCOP(=O)(CC(CN1CCCCC1)O[Si](C)(C)C)OCC. The second-order valence-corrected chi connectivity index (χ2v) is 13.4. The van der Waals surface area contributed by atoms with Crippen LogP contribution in [0.4, 0.5) is 0 Å². The first kappa shape index (κ1) is 20.3. The van der Waals surface area contributed by atoms with Crippen molar-refractivity contribution >= 4 is 15.9 Å². The minimum atomic E-state index is -3.06. The molecule has 0 aliphatic carbocycles. The first-order valence-electron chi connectivity index (χ1n) is 8.56. The Morgan fingerprint density at radius 3 is 2.05 bits per heavy atom. The standard InChI is InChI=1S/C15H34NO4PSi/c1-6-18-21(17,19-7-2)14-15(20-22(3,4)5)13-16-11-9-8-10-12-16/h15H,6-14H2,1-5H3. The molecule has 132 valence electrons. The number of likely N-dealkylation sites (tertiary alicyclic amines) is 1. The van der Waals surface area contributed by atoms with Gasteiger partial charge in [0.15, 0.2) is 8.32 Å². The highest BCUT2D eigenvalue weighted by Crippen LogP contribution is 2.49. The van der Waals surface area contributed by atoms with E-state index < -0.39 is 15.9 Å². The summed E-state index contributed by atoms with van der Waals surface area (Å²) in [7, 11) is -4.77. The van der Waals surface area contributed by atoms with Crippen LogP contribution in [-0.2, 0) is 18.0 Å². The molecule has 0 spiro atoms. The fraction of sp³-hybridized carbons (Fsp3) is 1.00. The lowest BCUT2D eigenvalue weighted by Crippen LogP contribution is -2.43. The summed E-state index contributed by atoms with van der Waals surface area (Å²) in [5.74, 6) is 0. The van der Waals surface area contributed by atoms with Crippen molar-refractivity contribution in [1.29, 1.82) is 0 Å². The molecule has 1 saturated heterocycles. The normalized spacial score (nSPS) is 19.3. The number of hydrogen-bond acceptors (Lipinski definition) is 5. The molecular formula is C15H34NO4PSi. The molecule has 0 radical (unpaired) electrons. The maximum atomic E-state index is 12.8. The van der Waals surface area contributed by atoms with Crippen LogP contribution in [-0.4, -0.2) is 58.3 Å². The van der Waals surface area contributed by atoms with Gasteiger partial charge in [0, 0.05) is 6.54 Å². The Kier molecular flexibility index (Phi) is 8.83. The second-order valence-electron chi connectivity index (χ2n) is 6.84. The Morgan fingerprint density at radius 2 is 1.59 bits per heavy atom. The summed E-state index contributed by atoms with van der Waals surface area (Å²) in [4.78, 5) is 2.43. The van der Waals surface area contributed by atoms with Gasteiger partial charge in [-0.2, -0.15) is 0 Å². The third-order valence-corrected chi connectivity index (χ3v) is 6.71. The minimum Gasteiger partial charge on any atom is -0.413 e. The third kappa shape index (κ3) is 8.23. The molecule has 0 saturated carbocycles. The summed E-state index contributed by atoms with van der Waals surface area (Å²) >= 11 is 0. The smallest absolute Gasteiger partial charge is 0.333 e. The Hall–Kier alpha value is 0.287. The van der Waals surface area contributed by atoms with Crippen molar-refractivity contribution in [2.45, 2.75) is 58.9 Å². The Labute approximate surface area is 137 Å². The number of nitrogens with zero attached hydrogens (tertiary/aromatic N) is 1. The predicted molar refractivity (Wildman–Crippen MR) is 94.2 cm³/mol. The van der Waals surface area contributed by atoms with Gasteiger partial charge in [0.05, 0.1) is 25.5 Å². The van der Waals surface area contributed by atoms with Crippen molar-refractivity contribution in [2.24, 2.45) is 0 Å². The van der Waals surface area contributed by atoms with Gasteiger partial charge in [-0.3, -0.25) is 4.57 Å². The molecular weight excluding hydrogens is 317 g/mol. The summed E-state index contributed by atoms with van der Waals surface area (Å²) in [6, 6.07) is 0. The van der Waals surface area contributed by atoms with E-state index >= 15 is 0 Å². The van der Waals surface area contributed by atoms with E-state index in [1.807, 2.05) is 13.8 Å². The lowest BCUT2D eigenvalue weighted by molar-refractivity contribution is 0.118. The van der Waals surface area contributed by atoms with Gasteiger partial charge in [0.25, 0.3) is 0 Å². The highest BCUT2D eigenvalue weighted by Gasteiger charge is 2.33. The van der Waals surface area contributed by atoms with Gasteiger partial charge in [-0.25, -0.2) is 0 Å². The van der Waals surface area contributed by atoms with E-state index in [1.165, 1.54) is 19.3 Å². The largest absolute Gasteiger partial charge is 0.413 e. The van der Waals surface area contributed by atoms with Gasteiger partial charge >= 0.3 is 7.60 Å². The number of rotatable bonds is 10. The fourth-order valence-corrected chi connectivity index (χ4v) is 5.91. The van der Waals surface area contributed by atoms with E-state index in [0.29, 0.717) is 19.4 Å². The molecule has 1 atom stereocenters. The third-order valence-electron chi connectivity index (χ3n) is 3.51. The Bertz CT molecular complexity index is 346. The molecule has 5 nitrogen and oxygen atoms in total. The van der Waals surface area contributed by atoms with Crippen LogP contribution in [0.3, 0.4) is 0 Å². The molecule has 0 N–H and O–H groups in total. The molecule has 22 heavy (non-hydrogen) atoms. The molecule has 1 rings (SSSR count). The summed E-state index contributed by atoms with van der Waals surface area (Å²) in [6.07, 6.45) is 4.08. The van der Waals surface area contributed by atoms with Crippen LogP contribution in [0.15, 0.2) is 0 Å². The molecule has 0 aromatic carbocycles. The van der Waals surface area contributed by atoms with Crippen LogP contribution in [0.5, 0.6) is 0 Å². The highest BCUT2D eigenvalue weighted by atomic mass is 31.2. The first-order chi connectivity index (χ1) is 10.3. The maximum Gasteiger partial charge on any atom is 0.333 e. The molecule has 1 heterocycles. The van der Waals surface area contributed by atoms with Crippen molar-refractivity contribution in [2.75, 3.05) is 39.0 Å². The zero-order valence-corrected chi connectivity index (χ0v) is 16.9. The topological polar surface area (TPSA) is 48.0 Å². The molecule has 0 amide bonds. The summed E-state index contributed by atoms with van der Waals surface area (Å²) in [5.41, 5.74) is 0. The van der Waals surface area contributed by atoms with E-state index in [4.69, 9.17) is 13.5 Å². The summed E-state index contributed by atoms with van der Waals surface area (Å²) < 4.78 is 30.0. The lowest BCUT2D eigenvalue weighted by atomic mass is 10.1. The van der Waals surface area contributed by atoms with Crippen molar-refractivity contribution in [3.8, 4) is 0 Å². The zero-order chi connectivity index (χ0) is 16.6. The molecule has 0 bridgehead atoms. The van der Waals surface area contributed by atoms with Gasteiger partial charge < -0.3 is 18.4 Å². The van der Waals surface area contributed by atoms with Crippen LogP contribution < -0.4 is 0 Å². The predicted octanol–water partition coefficient (Wildman–Crippen LogP) is 3.96. The molecule has 1 aliphatic heterocycles. The van der Waals surface area contributed by atoms with E-state index in [-0.39, 0.29) is 6.10 Å². The van der Waals surface area contributed by atoms with E-state index in [0.717, 1.165) is 19.6 Å². The van der Waals surface area contributed by atoms with Crippen molar-refractivity contribution in [3.05, 3.63) is 0 Å². The first-order valence-corrected chi connectivity index (χ1v) is 13.7. The number of piperidine rings is 1. The average molecular weight is 352 g/mol. The Morgan fingerprint density at radius 1 is 1.05 bits per heavy atom. The van der Waals surface area contributed by atoms with Crippen LogP contribution in [0.2, 0.25) is 19.6 Å². The molecule has 1 unspecified atom stereocenters. The Balaban J connectivity index is 2.72. The quantitative estimate of drug-likeness (QED) is 0.440. The van der Waals surface area contributed by atoms with Gasteiger partial charge in [-0.15, -0.1) is 0 Å². The summed E-state index contributed by atoms with van der Waals surface area (Å²) in [6.45, 7) is 14.1. The second kappa shape index (κ2) is 9.55. The van der Waals surface area contributed by atoms with E-state index in [2.05, 4.69) is 24.5 Å². The molecule has 1 aliphatic rings. The van der Waals surface area contributed by atoms with E-state index in [9.17, 15) is 4.57 Å². The van der Waals surface area contributed by atoms with E-state index in [1.54, 1.807) is 0 Å². The minimum absolute atomic E-state index is 0.0753. The van der Waals surface area contributed by atoms with Gasteiger partial charge in [0.2, 0.25) is 0 Å². The summed E-state index contributed by atoms with van der Waals surface area (Å²) in [5, 5.41) is 0. The van der Waals surface area contributed by atoms with Crippen LogP contribution in [0.25, 0.3) is 0 Å². The fourth-order valence-electron chi connectivity index (χ4n) is 2.85. The zero-order valence-electron chi connectivity index (χ0n) is 15.0.